The average molecular weight is 293 g/mol. The van der Waals surface area contributed by atoms with Gasteiger partial charge in [-0.15, -0.1) is 0 Å². The fraction of sp³-hybridized carbons (Fsp3) is 1.00. The minimum Gasteiger partial charge on any atom is -0.0622 e. The highest BCUT2D eigenvalue weighted by Crippen LogP contribution is 2.76. The van der Waals surface area contributed by atoms with Crippen LogP contribution in [0.1, 0.15) is 93.9 Å². The molecular formula is C21H40. The monoisotopic (exact) mass is 292 g/mol. The second kappa shape index (κ2) is 5.57. The van der Waals surface area contributed by atoms with E-state index >= 15 is 0 Å². The molecule has 3 fully saturated rings. The summed E-state index contributed by atoms with van der Waals surface area (Å²) in [5.74, 6) is 3.64. The molecule has 3 rings (SSSR count). The Morgan fingerprint density at radius 2 is 0.714 bits per heavy atom. The van der Waals surface area contributed by atoms with E-state index in [0.29, 0.717) is 0 Å². The van der Waals surface area contributed by atoms with Crippen molar-refractivity contribution >= 4 is 0 Å². The maximum Gasteiger partial charge on any atom is -0.0215 e. The molecule has 0 spiro atoms. The molecule has 0 aromatic heterocycles. The minimum absolute atomic E-state index is 0.750. The smallest absolute Gasteiger partial charge is 0.0215 e. The summed E-state index contributed by atoms with van der Waals surface area (Å²) in [6, 6.07) is 0. The molecule has 0 aliphatic heterocycles. The molecule has 0 N–H and O–H groups in total. The van der Waals surface area contributed by atoms with Gasteiger partial charge < -0.3 is 0 Å². The van der Waals surface area contributed by atoms with Crippen molar-refractivity contribution in [1.29, 1.82) is 0 Å². The summed E-state index contributed by atoms with van der Waals surface area (Å²) in [7, 11) is 0. The van der Waals surface area contributed by atoms with Crippen LogP contribution in [-0.4, -0.2) is 0 Å². The summed E-state index contributed by atoms with van der Waals surface area (Å²) >= 11 is 0. The van der Waals surface area contributed by atoms with Gasteiger partial charge in [0.05, 0.1) is 0 Å². The van der Waals surface area contributed by atoms with Crippen molar-refractivity contribution in [2.75, 3.05) is 0 Å². The van der Waals surface area contributed by atoms with Gasteiger partial charge in [0, 0.05) is 0 Å². The number of hydrogen-bond acceptors (Lipinski definition) is 0. The quantitative estimate of drug-likeness (QED) is 0.515. The lowest BCUT2D eigenvalue weighted by atomic mass is 9.71. The first-order chi connectivity index (χ1) is 9.64. The molecule has 3 aliphatic carbocycles. The Kier molecular flexibility index (Phi) is 4.60. The summed E-state index contributed by atoms with van der Waals surface area (Å²) in [5.41, 5.74) is 2.31. The van der Waals surface area contributed by atoms with Gasteiger partial charge in [-0.3, -0.25) is 0 Å². The molecule has 0 aromatic rings. The van der Waals surface area contributed by atoms with Crippen molar-refractivity contribution in [3.63, 3.8) is 0 Å². The van der Waals surface area contributed by atoms with Crippen molar-refractivity contribution < 1.29 is 0 Å². The molecule has 0 nitrogen and oxygen atoms in total. The Balaban J connectivity index is 0.000000161. The van der Waals surface area contributed by atoms with E-state index in [1.165, 1.54) is 38.5 Å². The third-order valence-electron chi connectivity index (χ3n) is 7.91. The predicted octanol–water partition coefficient (Wildman–Crippen LogP) is 6.94. The summed E-state index contributed by atoms with van der Waals surface area (Å²) in [4.78, 5) is 0. The number of hydrogen-bond donors (Lipinski definition) is 0. The summed E-state index contributed by atoms with van der Waals surface area (Å²) < 4.78 is 0. The maximum absolute atomic E-state index is 2.43. The van der Waals surface area contributed by atoms with Crippen LogP contribution in [0.3, 0.4) is 0 Å². The van der Waals surface area contributed by atoms with Crippen LogP contribution in [-0.2, 0) is 0 Å². The Morgan fingerprint density at radius 3 is 0.762 bits per heavy atom. The molecule has 0 heterocycles. The van der Waals surface area contributed by atoms with Crippen LogP contribution >= 0.6 is 0 Å². The van der Waals surface area contributed by atoms with Crippen LogP contribution in [0.25, 0.3) is 0 Å². The van der Waals surface area contributed by atoms with E-state index in [9.17, 15) is 0 Å². The fourth-order valence-corrected chi connectivity index (χ4v) is 5.54. The van der Waals surface area contributed by atoms with Gasteiger partial charge in [-0.1, -0.05) is 55.4 Å². The van der Waals surface area contributed by atoms with E-state index in [1.54, 1.807) is 0 Å². The van der Waals surface area contributed by atoms with E-state index in [0.717, 1.165) is 39.9 Å². The van der Waals surface area contributed by atoms with Gasteiger partial charge in [-0.2, -0.15) is 0 Å². The van der Waals surface area contributed by atoms with Crippen molar-refractivity contribution in [3.8, 4) is 0 Å². The highest BCUT2D eigenvalue weighted by atomic mass is 14.7. The summed E-state index contributed by atoms with van der Waals surface area (Å²) in [5, 5.41) is 0. The molecule has 0 unspecified atom stereocenters. The van der Waals surface area contributed by atoms with Gasteiger partial charge in [0.15, 0.2) is 0 Å². The second-order valence-electron chi connectivity index (χ2n) is 9.66. The molecule has 0 amide bonds. The first-order valence-electron chi connectivity index (χ1n) is 9.64. The standard InChI is InChI=1S/C12H22.C9H18/c1-9(2)11(5-6-11)12(7-8-12)10(3)4;1-7(2)9(5-6-9)8(3)4/h9-10H,5-8H2,1-4H3;7-8H,5-6H2,1-4H3. The van der Waals surface area contributed by atoms with Gasteiger partial charge in [0.2, 0.25) is 0 Å². The summed E-state index contributed by atoms with van der Waals surface area (Å²) in [6.07, 6.45) is 9.02. The van der Waals surface area contributed by atoms with E-state index in [-0.39, 0.29) is 0 Å². The third-order valence-corrected chi connectivity index (χ3v) is 7.91. The molecule has 0 radical (unpaired) electrons. The van der Waals surface area contributed by atoms with Crippen LogP contribution in [0.2, 0.25) is 0 Å². The molecule has 21 heavy (non-hydrogen) atoms. The molecule has 0 heteroatoms. The van der Waals surface area contributed by atoms with Crippen molar-refractivity contribution in [2.24, 2.45) is 39.9 Å². The SMILES string of the molecule is CC(C)C1(C(C)C)CC1.CC(C)C1(C2(C(C)C)CC2)CC1. The molecule has 3 aliphatic rings. The topological polar surface area (TPSA) is 0 Å². The van der Waals surface area contributed by atoms with E-state index in [4.69, 9.17) is 0 Å². The van der Waals surface area contributed by atoms with Gasteiger partial charge in [0.25, 0.3) is 0 Å². The predicted molar refractivity (Wildman–Crippen MR) is 94.4 cm³/mol. The Bertz CT molecular complexity index is 314. The Hall–Kier alpha value is 0. The second-order valence-corrected chi connectivity index (χ2v) is 9.66. The van der Waals surface area contributed by atoms with Gasteiger partial charge >= 0.3 is 0 Å². The zero-order valence-corrected chi connectivity index (χ0v) is 16.1. The highest BCUT2D eigenvalue weighted by molar-refractivity contribution is 5.16. The van der Waals surface area contributed by atoms with Crippen molar-refractivity contribution in [2.45, 2.75) is 93.9 Å². The van der Waals surface area contributed by atoms with Crippen LogP contribution < -0.4 is 0 Å². The lowest BCUT2D eigenvalue weighted by molar-refractivity contribution is 0.145. The van der Waals surface area contributed by atoms with Crippen LogP contribution in [0.4, 0.5) is 0 Å². The molecule has 0 saturated heterocycles. The van der Waals surface area contributed by atoms with E-state index in [1.807, 2.05) is 0 Å². The lowest BCUT2D eigenvalue weighted by Crippen LogP contribution is -2.27. The molecular weight excluding hydrogens is 252 g/mol. The molecule has 0 aromatic carbocycles. The third kappa shape index (κ3) is 2.81. The summed E-state index contributed by atoms with van der Waals surface area (Å²) in [6.45, 7) is 19.1. The lowest BCUT2D eigenvalue weighted by Gasteiger charge is -2.33. The minimum atomic E-state index is 0.750. The average Bonchev–Trinajstić information content (AvgIpc) is 3.29. The molecule has 124 valence electrons. The fourth-order valence-electron chi connectivity index (χ4n) is 5.54. The first kappa shape index (κ1) is 17.4. The van der Waals surface area contributed by atoms with Crippen LogP contribution in [0.15, 0.2) is 0 Å². The molecule has 0 atom stereocenters. The largest absolute Gasteiger partial charge is 0.0622 e. The van der Waals surface area contributed by atoms with Gasteiger partial charge in [0.1, 0.15) is 0 Å². The first-order valence-corrected chi connectivity index (χ1v) is 9.64. The molecule has 3 saturated carbocycles. The highest BCUT2D eigenvalue weighted by Gasteiger charge is 2.67. The van der Waals surface area contributed by atoms with E-state index < -0.39 is 0 Å². The Labute approximate surface area is 134 Å². The van der Waals surface area contributed by atoms with E-state index in [2.05, 4.69) is 55.4 Å². The zero-order chi connectivity index (χ0) is 16.1. The maximum atomic E-state index is 2.43. The van der Waals surface area contributed by atoms with Gasteiger partial charge in [-0.05, 0) is 78.4 Å². The molecule has 0 bridgehead atoms. The normalized spacial score (nSPS) is 26.9. The van der Waals surface area contributed by atoms with Crippen LogP contribution in [0.5, 0.6) is 0 Å². The number of rotatable bonds is 5. The Morgan fingerprint density at radius 1 is 0.429 bits per heavy atom. The zero-order valence-electron chi connectivity index (χ0n) is 16.1. The van der Waals surface area contributed by atoms with Crippen molar-refractivity contribution in [1.82, 2.24) is 0 Å². The van der Waals surface area contributed by atoms with Crippen molar-refractivity contribution in [3.05, 3.63) is 0 Å². The van der Waals surface area contributed by atoms with Gasteiger partial charge in [-0.25, -0.2) is 0 Å². The van der Waals surface area contributed by atoms with Crippen LogP contribution in [0, 0.1) is 39.9 Å².